The molecule has 0 unspecified atom stereocenters. The number of thiophene rings is 1. The van der Waals surface area contributed by atoms with Crippen LogP contribution in [0.1, 0.15) is 38.1 Å². The number of hydrogen-bond donors (Lipinski definition) is 1. The minimum Gasteiger partial charge on any atom is -0.352 e. The highest BCUT2D eigenvalue weighted by Gasteiger charge is 2.22. The third-order valence-corrected chi connectivity index (χ3v) is 6.71. The topological polar surface area (TPSA) is 71.4 Å². The lowest BCUT2D eigenvalue weighted by Gasteiger charge is -2.18. The van der Waals surface area contributed by atoms with Crippen LogP contribution in [0, 0.1) is 0 Å². The molecule has 0 saturated heterocycles. The molecule has 0 aliphatic rings. The molecule has 2 aromatic carbocycles. The maximum Gasteiger partial charge on any atom is 0.259 e. The fraction of sp³-hybridized carbons (Fsp3) is 0.222. The fourth-order valence-corrected chi connectivity index (χ4v) is 4.98. The minimum atomic E-state index is -0.546. The van der Waals surface area contributed by atoms with Gasteiger partial charge in [0.15, 0.2) is 0 Å². The summed E-state index contributed by atoms with van der Waals surface area (Å²) in [6.07, 6.45) is 3.82. The van der Waals surface area contributed by atoms with Crippen LogP contribution in [0.4, 0.5) is 0 Å². The number of amides is 2. The van der Waals surface area contributed by atoms with Crippen molar-refractivity contribution >= 4 is 33.2 Å². The van der Waals surface area contributed by atoms with Gasteiger partial charge in [-0.1, -0.05) is 48.5 Å². The van der Waals surface area contributed by atoms with E-state index in [2.05, 4.69) is 11.4 Å². The Morgan fingerprint density at radius 3 is 2.44 bits per heavy atom. The van der Waals surface area contributed by atoms with Crippen LogP contribution in [0.3, 0.4) is 0 Å². The van der Waals surface area contributed by atoms with Crippen molar-refractivity contribution < 1.29 is 9.59 Å². The number of nitrogens with zero attached hydrogens (tertiary/aromatic N) is 2. The molecule has 2 amide bonds. The summed E-state index contributed by atoms with van der Waals surface area (Å²) in [6, 6.07) is 20.1. The first-order valence-corrected chi connectivity index (χ1v) is 12.1. The average Bonchev–Trinajstić information content (AvgIpc) is 3.26. The predicted octanol–water partition coefficient (Wildman–Crippen LogP) is 4.33. The Bertz CT molecular complexity index is 1340. The van der Waals surface area contributed by atoms with E-state index in [4.69, 9.17) is 0 Å². The molecule has 7 heteroatoms. The molecule has 2 heterocycles. The van der Waals surface area contributed by atoms with E-state index in [-0.39, 0.29) is 11.1 Å². The molecule has 2 aromatic heterocycles. The zero-order valence-electron chi connectivity index (χ0n) is 19.3. The number of benzene rings is 2. The highest BCUT2D eigenvalue weighted by Crippen LogP contribution is 2.26. The SMILES string of the molecule is CCNC(=O)c1cn(CCc2ccccc2)cc(C(=O)N(C)Cc2cc3ccccc3s2)c1=O. The molecule has 174 valence electrons. The highest BCUT2D eigenvalue weighted by atomic mass is 32.1. The van der Waals surface area contributed by atoms with Gasteiger partial charge in [0.05, 0.1) is 6.54 Å². The van der Waals surface area contributed by atoms with Gasteiger partial charge in [-0.15, -0.1) is 11.3 Å². The number of hydrogen-bond acceptors (Lipinski definition) is 4. The van der Waals surface area contributed by atoms with Gasteiger partial charge in [0.2, 0.25) is 5.43 Å². The minimum absolute atomic E-state index is 0.000394. The van der Waals surface area contributed by atoms with Crippen LogP contribution in [0.2, 0.25) is 0 Å². The van der Waals surface area contributed by atoms with Crippen molar-refractivity contribution in [3.8, 4) is 0 Å². The lowest BCUT2D eigenvalue weighted by molar-refractivity contribution is 0.0784. The summed E-state index contributed by atoms with van der Waals surface area (Å²) in [5.41, 5.74) is 0.571. The first kappa shape index (κ1) is 23.4. The summed E-state index contributed by atoms with van der Waals surface area (Å²) < 4.78 is 2.92. The third-order valence-electron chi connectivity index (χ3n) is 5.61. The van der Waals surface area contributed by atoms with Gasteiger partial charge < -0.3 is 14.8 Å². The van der Waals surface area contributed by atoms with E-state index < -0.39 is 17.2 Å². The van der Waals surface area contributed by atoms with Gasteiger partial charge in [0.25, 0.3) is 11.8 Å². The predicted molar refractivity (Wildman–Crippen MR) is 136 cm³/mol. The Kier molecular flexibility index (Phi) is 7.23. The van der Waals surface area contributed by atoms with E-state index in [1.54, 1.807) is 42.3 Å². The van der Waals surface area contributed by atoms with Gasteiger partial charge in [-0.3, -0.25) is 14.4 Å². The van der Waals surface area contributed by atoms with Crippen LogP contribution in [-0.4, -0.2) is 34.9 Å². The summed E-state index contributed by atoms with van der Waals surface area (Å²) >= 11 is 1.62. The number of rotatable bonds is 8. The van der Waals surface area contributed by atoms with Gasteiger partial charge in [0.1, 0.15) is 11.1 Å². The molecule has 4 aromatic rings. The summed E-state index contributed by atoms with van der Waals surface area (Å²) in [5, 5.41) is 3.81. The fourth-order valence-electron chi connectivity index (χ4n) is 3.86. The van der Waals surface area contributed by atoms with Crippen molar-refractivity contribution in [1.29, 1.82) is 0 Å². The monoisotopic (exact) mass is 473 g/mol. The molecule has 0 radical (unpaired) electrons. The van der Waals surface area contributed by atoms with Gasteiger partial charge >= 0.3 is 0 Å². The standard InChI is InChI=1S/C27H27N3O3S/c1-3-28-26(32)22-17-30(14-13-19-9-5-4-6-10-19)18-23(25(22)31)27(33)29(2)16-21-15-20-11-7-8-12-24(20)34-21/h4-12,15,17-18H,3,13-14,16H2,1-2H3,(H,28,32). The van der Waals surface area contributed by atoms with Crippen molar-refractivity contribution in [2.24, 2.45) is 0 Å². The van der Waals surface area contributed by atoms with Crippen LogP contribution < -0.4 is 10.7 Å². The van der Waals surface area contributed by atoms with Crippen molar-refractivity contribution in [3.05, 3.63) is 105 Å². The summed E-state index contributed by atoms with van der Waals surface area (Å²) in [5.74, 6) is -0.871. The van der Waals surface area contributed by atoms with Crippen molar-refractivity contribution in [3.63, 3.8) is 0 Å². The number of nitrogens with one attached hydrogen (secondary N) is 1. The van der Waals surface area contributed by atoms with Crippen molar-refractivity contribution in [2.45, 2.75) is 26.4 Å². The maximum atomic E-state index is 13.3. The molecular formula is C27H27N3O3S. The number of aryl methyl sites for hydroxylation is 2. The highest BCUT2D eigenvalue weighted by molar-refractivity contribution is 7.19. The molecule has 6 nitrogen and oxygen atoms in total. The number of carbonyl (C=O) groups is 2. The third kappa shape index (κ3) is 5.26. The first-order valence-electron chi connectivity index (χ1n) is 11.3. The molecular weight excluding hydrogens is 446 g/mol. The van der Waals surface area contributed by atoms with E-state index in [0.717, 1.165) is 20.5 Å². The molecule has 4 rings (SSSR count). The Balaban J connectivity index is 1.62. The number of aromatic nitrogens is 1. The second-order valence-corrected chi connectivity index (χ2v) is 9.33. The molecule has 1 N–H and O–H groups in total. The summed E-state index contributed by atoms with van der Waals surface area (Å²) in [6.45, 7) is 3.11. The van der Waals surface area contributed by atoms with E-state index in [1.165, 1.54) is 4.90 Å². The molecule has 0 fully saturated rings. The Morgan fingerprint density at radius 2 is 1.71 bits per heavy atom. The number of carbonyl (C=O) groups excluding carboxylic acids is 2. The largest absolute Gasteiger partial charge is 0.352 e. The van der Waals surface area contributed by atoms with Crippen LogP contribution in [0.25, 0.3) is 10.1 Å². The molecule has 0 atom stereocenters. The lowest BCUT2D eigenvalue weighted by atomic mass is 10.1. The normalized spacial score (nSPS) is 10.9. The van der Waals surface area contributed by atoms with E-state index in [1.807, 2.05) is 54.6 Å². The van der Waals surface area contributed by atoms with Crippen LogP contribution in [0.15, 0.2) is 77.9 Å². The van der Waals surface area contributed by atoms with Crippen molar-refractivity contribution in [1.82, 2.24) is 14.8 Å². The summed E-state index contributed by atoms with van der Waals surface area (Å²) in [7, 11) is 1.68. The summed E-state index contributed by atoms with van der Waals surface area (Å²) in [4.78, 5) is 41.6. The van der Waals surface area contributed by atoms with Crippen LogP contribution in [0.5, 0.6) is 0 Å². The van der Waals surface area contributed by atoms with Crippen LogP contribution in [-0.2, 0) is 19.5 Å². The molecule has 0 aliphatic heterocycles. The average molecular weight is 474 g/mol. The van der Waals surface area contributed by atoms with Gasteiger partial charge in [0, 0.05) is 42.1 Å². The Morgan fingerprint density at radius 1 is 1.00 bits per heavy atom. The molecule has 0 saturated carbocycles. The van der Waals surface area contributed by atoms with E-state index in [9.17, 15) is 14.4 Å². The molecule has 34 heavy (non-hydrogen) atoms. The molecule has 0 aliphatic carbocycles. The van der Waals surface area contributed by atoms with Crippen molar-refractivity contribution in [2.75, 3.05) is 13.6 Å². The Labute approximate surface area is 202 Å². The Hall–Kier alpha value is -3.71. The molecule has 0 spiro atoms. The smallest absolute Gasteiger partial charge is 0.259 e. The zero-order chi connectivity index (χ0) is 24.1. The second-order valence-electron chi connectivity index (χ2n) is 8.16. The lowest BCUT2D eigenvalue weighted by Crippen LogP contribution is -2.36. The molecule has 0 bridgehead atoms. The van der Waals surface area contributed by atoms with E-state index >= 15 is 0 Å². The van der Waals surface area contributed by atoms with E-state index in [0.29, 0.717) is 26.1 Å². The van der Waals surface area contributed by atoms with Crippen LogP contribution >= 0.6 is 11.3 Å². The number of fused-ring (bicyclic) bond motifs is 1. The first-order chi connectivity index (χ1) is 16.5. The van der Waals surface area contributed by atoms with Gasteiger partial charge in [-0.05, 0) is 36.4 Å². The second kappa shape index (κ2) is 10.5. The zero-order valence-corrected chi connectivity index (χ0v) is 20.1. The van der Waals surface area contributed by atoms with Gasteiger partial charge in [-0.25, -0.2) is 0 Å². The maximum absolute atomic E-state index is 13.3. The number of pyridine rings is 1. The quantitative estimate of drug-likeness (QED) is 0.414. The van der Waals surface area contributed by atoms with Gasteiger partial charge in [-0.2, -0.15) is 0 Å².